The number of hydrogen-bond acceptors (Lipinski definition) is 4. The molecule has 5 nitrogen and oxygen atoms in total. The zero-order valence-electron chi connectivity index (χ0n) is 16.4. The molecule has 1 aliphatic rings. The quantitative estimate of drug-likeness (QED) is 0.515. The molecule has 6 heteroatoms. The lowest BCUT2D eigenvalue weighted by Gasteiger charge is -2.31. The number of carbonyl (C=O) groups is 2. The van der Waals surface area contributed by atoms with Crippen LogP contribution in [0.2, 0.25) is 0 Å². The first kappa shape index (κ1) is 18.8. The number of aromatic nitrogens is 1. The van der Waals surface area contributed by atoms with Crippen molar-refractivity contribution >= 4 is 49.3 Å². The van der Waals surface area contributed by atoms with Crippen LogP contribution < -0.4 is 5.32 Å². The van der Waals surface area contributed by atoms with Crippen LogP contribution in [-0.4, -0.2) is 34.8 Å². The minimum atomic E-state index is -0.103. The maximum Gasteiger partial charge on any atom is 0.254 e. The number of hydrogen-bond donors (Lipinski definition) is 1. The van der Waals surface area contributed by atoms with Gasteiger partial charge in [-0.3, -0.25) is 9.59 Å². The van der Waals surface area contributed by atoms with E-state index < -0.39 is 0 Å². The molecule has 0 bridgehead atoms. The fourth-order valence-electron chi connectivity index (χ4n) is 4.06. The highest BCUT2D eigenvalue weighted by Gasteiger charge is 2.28. The van der Waals surface area contributed by atoms with Crippen molar-refractivity contribution in [2.75, 3.05) is 18.4 Å². The summed E-state index contributed by atoms with van der Waals surface area (Å²) in [4.78, 5) is 32.2. The van der Waals surface area contributed by atoms with Gasteiger partial charge in [0.2, 0.25) is 5.91 Å². The van der Waals surface area contributed by atoms with Crippen molar-refractivity contribution in [1.29, 1.82) is 0 Å². The van der Waals surface area contributed by atoms with E-state index in [-0.39, 0.29) is 17.7 Å². The number of nitrogens with one attached hydrogen (secondary N) is 1. The minimum absolute atomic E-state index is 0.00804. The lowest BCUT2D eigenvalue weighted by atomic mass is 9.95. The Morgan fingerprint density at radius 3 is 2.50 bits per heavy atom. The van der Waals surface area contributed by atoms with Crippen LogP contribution in [0, 0.1) is 5.92 Å². The molecule has 2 amide bonds. The number of anilines is 1. The zero-order chi connectivity index (χ0) is 20.5. The maximum absolute atomic E-state index is 13.1. The Morgan fingerprint density at radius 2 is 1.67 bits per heavy atom. The smallest absolute Gasteiger partial charge is 0.254 e. The molecule has 0 aliphatic carbocycles. The Hall–Kier alpha value is -3.25. The van der Waals surface area contributed by atoms with Gasteiger partial charge in [-0.05, 0) is 41.8 Å². The lowest BCUT2D eigenvalue weighted by Crippen LogP contribution is -2.41. The summed E-state index contributed by atoms with van der Waals surface area (Å²) in [5, 5.41) is 5.64. The van der Waals surface area contributed by atoms with Gasteiger partial charge in [0.1, 0.15) is 0 Å². The van der Waals surface area contributed by atoms with Crippen molar-refractivity contribution in [3.63, 3.8) is 0 Å². The molecule has 1 aromatic heterocycles. The number of piperidine rings is 1. The van der Waals surface area contributed by atoms with Gasteiger partial charge >= 0.3 is 0 Å². The van der Waals surface area contributed by atoms with Crippen molar-refractivity contribution in [1.82, 2.24) is 9.88 Å². The molecule has 5 rings (SSSR count). The van der Waals surface area contributed by atoms with Crippen LogP contribution in [0.4, 0.5) is 5.13 Å². The standard InChI is InChI=1S/C24H21N3O2S/c28-22(26-24-25-20-10-3-4-11-21(20)30-24)17-12-14-27(15-13-17)23(29)19-9-5-7-16-6-1-2-8-18(16)19/h1-11,17H,12-15H2,(H,25,26,28). The first-order valence-corrected chi connectivity index (χ1v) is 10.9. The highest BCUT2D eigenvalue weighted by Crippen LogP contribution is 2.28. The van der Waals surface area contributed by atoms with Crippen molar-refractivity contribution in [3.8, 4) is 0 Å². The highest BCUT2D eigenvalue weighted by atomic mass is 32.1. The molecule has 4 aromatic rings. The van der Waals surface area contributed by atoms with E-state index in [0.717, 1.165) is 26.6 Å². The molecule has 0 atom stereocenters. The predicted molar refractivity (Wildman–Crippen MR) is 121 cm³/mol. The Bertz CT molecular complexity index is 1200. The normalized spacial score (nSPS) is 14.9. The number of benzene rings is 3. The van der Waals surface area contributed by atoms with Crippen LogP contribution in [0.15, 0.2) is 66.7 Å². The molecular formula is C24H21N3O2S. The van der Waals surface area contributed by atoms with E-state index in [0.29, 0.717) is 31.1 Å². The summed E-state index contributed by atoms with van der Waals surface area (Å²) in [7, 11) is 0. The molecule has 150 valence electrons. The van der Waals surface area contributed by atoms with Crippen LogP contribution in [0.25, 0.3) is 21.0 Å². The monoisotopic (exact) mass is 415 g/mol. The third kappa shape index (κ3) is 3.55. The second kappa shape index (κ2) is 7.88. The summed E-state index contributed by atoms with van der Waals surface area (Å²) in [6.07, 6.45) is 1.32. The van der Waals surface area contributed by atoms with Gasteiger partial charge in [-0.15, -0.1) is 0 Å². The Balaban J connectivity index is 1.24. The molecular weight excluding hydrogens is 394 g/mol. The molecule has 30 heavy (non-hydrogen) atoms. The second-order valence-corrected chi connectivity index (χ2v) is 8.60. The topological polar surface area (TPSA) is 62.3 Å². The number of para-hydroxylation sites is 1. The van der Waals surface area contributed by atoms with E-state index in [1.165, 1.54) is 11.3 Å². The number of amides is 2. The van der Waals surface area contributed by atoms with Gasteiger partial charge in [-0.2, -0.15) is 0 Å². The Kier molecular flexibility index (Phi) is 4.93. The SMILES string of the molecule is O=C(Nc1nc2ccccc2s1)C1CCN(C(=O)c2cccc3ccccc23)CC1. The molecule has 1 fully saturated rings. The fourth-order valence-corrected chi connectivity index (χ4v) is 4.93. The summed E-state index contributed by atoms with van der Waals surface area (Å²) in [5.41, 5.74) is 1.62. The third-order valence-corrected chi connectivity index (χ3v) is 6.65. The van der Waals surface area contributed by atoms with E-state index in [1.807, 2.05) is 71.6 Å². The fraction of sp³-hybridized carbons (Fsp3) is 0.208. The van der Waals surface area contributed by atoms with Gasteiger partial charge in [-0.1, -0.05) is 59.9 Å². The third-order valence-electron chi connectivity index (χ3n) is 5.70. The van der Waals surface area contributed by atoms with Crippen molar-refractivity contribution < 1.29 is 9.59 Å². The minimum Gasteiger partial charge on any atom is -0.339 e. The van der Waals surface area contributed by atoms with Crippen LogP contribution >= 0.6 is 11.3 Å². The largest absolute Gasteiger partial charge is 0.339 e. The van der Waals surface area contributed by atoms with E-state index in [1.54, 1.807) is 0 Å². The second-order valence-electron chi connectivity index (χ2n) is 7.57. The molecule has 0 unspecified atom stereocenters. The van der Waals surface area contributed by atoms with Crippen LogP contribution in [0.3, 0.4) is 0 Å². The number of rotatable bonds is 3. The zero-order valence-corrected chi connectivity index (χ0v) is 17.2. The van der Waals surface area contributed by atoms with Gasteiger partial charge in [0.05, 0.1) is 10.2 Å². The number of carbonyl (C=O) groups excluding carboxylic acids is 2. The molecule has 1 saturated heterocycles. The van der Waals surface area contributed by atoms with Crippen LogP contribution in [0.1, 0.15) is 23.2 Å². The van der Waals surface area contributed by atoms with E-state index in [4.69, 9.17) is 0 Å². The summed E-state index contributed by atoms with van der Waals surface area (Å²) >= 11 is 1.49. The highest BCUT2D eigenvalue weighted by molar-refractivity contribution is 7.22. The summed E-state index contributed by atoms with van der Waals surface area (Å²) in [5.74, 6) is -0.0725. The first-order valence-electron chi connectivity index (χ1n) is 10.1. The maximum atomic E-state index is 13.1. The number of fused-ring (bicyclic) bond motifs is 2. The van der Waals surface area contributed by atoms with E-state index in [2.05, 4.69) is 10.3 Å². The average Bonchev–Trinajstić information content (AvgIpc) is 3.20. The molecule has 1 aliphatic heterocycles. The van der Waals surface area contributed by atoms with Crippen molar-refractivity contribution in [3.05, 3.63) is 72.3 Å². The van der Waals surface area contributed by atoms with E-state index in [9.17, 15) is 9.59 Å². The summed E-state index contributed by atoms with van der Waals surface area (Å²) in [6.45, 7) is 1.17. The first-order chi connectivity index (χ1) is 14.7. The van der Waals surface area contributed by atoms with Gasteiger partial charge in [0, 0.05) is 24.6 Å². The lowest BCUT2D eigenvalue weighted by molar-refractivity contribution is -0.121. The van der Waals surface area contributed by atoms with E-state index >= 15 is 0 Å². The van der Waals surface area contributed by atoms with Gasteiger partial charge in [0.25, 0.3) is 5.91 Å². The summed E-state index contributed by atoms with van der Waals surface area (Å²) in [6, 6.07) is 21.6. The Morgan fingerprint density at radius 1 is 0.933 bits per heavy atom. The molecule has 0 radical (unpaired) electrons. The number of nitrogens with zero attached hydrogens (tertiary/aromatic N) is 2. The Labute approximate surface area is 178 Å². The van der Waals surface area contributed by atoms with Crippen molar-refractivity contribution in [2.45, 2.75) is 12.8 Å². The average molecular weight is 416 g/mol. The van der Waals surface area contributed by atoms with Crippen LogP contribution in [-0.2, 0) is 4.79 Å². The van der Waals surface area contributed by atoms with Gasteiger partial charge in [0.15, 0.2) is 5.13 Å². The molecule has 3 aromatic carbocycles. The molecule has 0 saturated carbocycles. The summed E-state index contributed by atoms with van der Waals surface area (Å²) < 4.78 is 1.06. The van der Waals surface area contributed by atoms with Gasteiger partial charge in [-0.25, -0.2) is 4.98 Å². The number of thiazole rings is 1. The number of likely N-dealkylation sites (tertiary alicyclic amines) is 1. The molecule has 2 heterocycles. The van der Waals surface area contributed by atoms with Crippen LogP contribution in [0.5, 0.6) is 0 Å². The molecule has 0 spiro atoms. The predicted octanol–water partition coefficient (Wildman–Crippen LogP) is 4.94. The van der Waals surface area contributed by atoms with Crippen molar-refractivity contribution in [2.24, 2.45) is 5.92 Å². The van der Waals surface area contributed by atoms with Gasteiger partial charge < -0.3 is 10.2 Å². The molecule has 1 N–H and O–H groups in total.